The van der Waals surface area contributed by atoms with Crippen LogP contribution >= 0.6 is 15.9 Å². The average Bonchev–Trinajstić information content (AvgIpc) is 2.30. The van der Waals surface area contributed by atoms with Crippen molar-refractivity contribution in [3.8, 4) is 0 Å². The molecule has 1 aliphatic rings. The molecular weight excluding hydrogens is 359 g/mol. The number of halogens is 4. The first-order valence-corrected chi connectivity index (χ1v) is 8.38. The van der Waals surface area contributed by atoms with Crippen LogP contribution in [0.2, 0.25) is 0 Å². The lowest BCUT2D eigenvalue weighted by molar-refractivity contribution is 0.297. The molecule has 0 saturated carbocycles. The fourth-order valence-corrected chi connectivity index (χ4v) is 4.49. The molecular formula is C12H13BrF3NO2S. The zero-order valence-corrected chi connectivity index (χ0v) is 13.0. The van der Waals surface area contributed by atoms with Crippen LogP contribution in [0.1, 0.15) is 13.3 Å². The number of hydrogen-bond donors (Lipinski definition) is 0. The molecule has 1 heterocycles. The van der Waals surface area contributed by atoms with Gasteiger partial charge >= 0.3 is 0 Å². The van der Waals surface area contributed by atoms with Crippen LogP contribution < -0.4 is 0 Å². The molecule has 0 aromatic heterocycles. The summed E-state index contributed by atoms with van der Waals surface area (Å²) in [6.45, 7) is 2.27. The Morgan fingerprint density at radius 3 is 2.30 bits per heavy atom. The van der Waals surface area contributed by atoms with Gasteiger partial charge in [-0.3, -0.25) is 0 Å². The van der Waals surface area contributed by atoms with Crippen molar-refractivity contribution in [3.05, 3.63) is 29.6 Å². The molecule has 2 rings (SSSR count). The summed E-state index contributed by atoms with van der Waals surface area (Å²) in [5.41, 5.74) is 0. The van der Waals surface area contributed by atoms with Crippen molar-refractivity contribution in [2.24, 2.45) is 5.92 Å². The topological polar surface area (TPSA) is 37.4 Å². The second-order valence-electron chi connectivity index (χ2n) is 4.84. The molecule has 0 aliphatic carbocycles. The minimum atomic E-state index is -4.31. The van der Waals surface area contributed by atoms with Gasteiger partial charge in [0.15, 0.2) is 4.90 Å². The highest BCUT2D eigenvalue weighted by Gasteiger charge is 2.36. The van der Waals surface area contributed by atoms with Gasteiger partial charge in [0, 0.05) is 30.0 Å². The van der Waals surface area contributed by atoms with E-state index in [2.05, 4.69) is 15.9 Å². The van der Waals surface area contributed by atoms with E-state index >= 15 is 0 Å². The maximum absolute atomic E-state index is 13.6. The summed E-state index contributed by atoms with van der Waals surface area (Å²) in [6.07, 6.45) is 0.583. The number of sulfonamides is 1. The molecule has 1 saturated heterocycles. The van der Waals surface area contributed by atoms with Gasteiger partial charge in [-0.1, -0.05) is 22.9 Å². The normalized spacial score (nSPS) is 24.9. The van der Waals surface area contributed by atoms with Crippen LogP contribution in [0.15, 0.2) is 17.0 Å². The van der Waals surface area contributed by atoms with E-state index in [1.54, 1.807) is 0 Å². The van der Waals surface area contributed by atoms with Crippen LogP contribution in [0, 0.1) is 23.4 Å². The Hall–Kier alpha value is -0.600. The molecule has 0 amide bonds. The van der Waals surface area contributed by atoms with E-state index < -0.39 is 32.4 Å². The lowest BCUT2D eigenvalue weighted by atomic mass is 10.0. The smallest absolute Gasteiger partial charge is 0.207 e. The summed E-state index contributed by atoms with van der Waals surface area (Å²) in [4.78, 5) is -1.18. The van der Waals surface area contributed by atoms with E-state index in [9.17, 15) is 21.6 Å². The number of nitrogens with zero attached hydrogens (tertiary/aromatic N) is 1. The zero-order chi connectivity index (χ0) is 15.1. The van der Waals surface area contributed by atoms with Gasteiger partial charge in [-0.15, -0.1) is 0 Å². The number of hydrogen-bond acceptors (Lipinski definition) is 2. The Morgan fingerprint density at radius 1 is 1.25 bits per heavy atom. The molecule has 0 bridgehead atoms. The van der Waals surface area contributed by atoms with Gasteiger partial charge in [0.1, 0.15) is 17.5 Å². The second kappa shape index (κ2) is 5.65. The molecule has 1 aliphatic heterocycles. The summed E-state index contributed by atoms with van der Waals surface area (Å²) in [7, 11) is -4.31. The molecule has 2 unspecified atom stereocenters. The predicted octanol–water partition coefficient (Wildman–Crippen LogP) is 2.90. The van der Waals surface area contributed by atoms with Gasteiger partial charge < -0.3 is 0 Å². The van der Waals surface area contributed by atoms with Gasteiger partial charge in [-0.05, 0) is 12.3 Å². The molecule has 1 aromatic carbocycles. The van der Waals surface area contributed by atoms with Crippen molar-refractivity contribution < 1.29 is 21.6 Å². The SMILES string of the molecule is CC1CCN(S(=O)(=O)c2c(F)cc(F)cc2F)CC1Br. The Balaban J connectivity index is 2.41. The third-order valence-electron chi connectivity index (χ3n) is 3.39. The van der Waals surface area contributed by atoms with E-state index in [4.69, 9.17) is 0 Å². The molecule has 0 spiro atoms. The lowest BCUT2D eigenvalue weighted by Gasteiger charge is -2.33. The first-order chi connectivity index (χ1) is 9.23. The molecule has 112 valence electrons. The number of benzene rings is 1. The van der Waals surface area contributed by atoms with Crippen LogP contribution in [0.25, 0.3) is 0 Å². The predicted molar refractivity (Wildman–Crippen MR) is 71.6 cm³/mol. The summed E-state index contributed by atoms with van der Waals surface area (Å²) >= 11 is 3.35. The average molecular weight is 372 g/mol. The Bertz CT molecular complexity index is 600. The van der Waals surface area contributed by atoms with Crippen molar-refractivity contribution in [1.29, 1.82) is 0 Å². The Kier molecular flexibility index (Phi) is 4.46. The Morgan fingerprint density at radius 2 is 1.80 bits per heavy atom. The van der Waals surface area contributed by atoms with Gasteiger partial charge in [0.05, 0.1) is 0 Å². The minimum absolute atomic E-state index is 0.0856. The molecule has 3 nitrogen and oxygen atoms in total. The van der Waals surface area contributed by atoms with Crippen molar-refractivity contribution >= 4 is 26.0 Å². The van der Waals surface area contributed by atoms with Gasteiger partial charge in [0.2, 0.25) is 10.0 Å². The van der Waals surface area contributed by atoms with E-state index in [0.29, 0.717) is 18.6 Å². The summed E-state index contributed by atoms with van der Waals surface area (Å²) < 4.78 is 65.7. The third-order valence-corrected chi connectivity index (χ3v) is 6.50. The van der Waals surface area contributed by atoms with Crippen LogP contribution in [0.5, 0.6) is 0 Å². The molecule has 1 fully saturated rings. The fourth-order valence-electron chi connectivity index (χ4n) is 2.12. The van der Waals surface area contributed by atoms with Crippen LogP contribution in [-0.4, -0.2) is 30.6 Å². The highest BCUT2D eigenvalue weighted by molar-refractivity contribution is 9.09. The Labute approximate surface area is 123 Å². The molecule has 2 atom stereocenters. The standard InChI is InChI=1S/C12H13BrF3NO2S/c1-7-2-3-17(6-9(7)13)20(18,19)12-10(15)4-8(14)5-11(12)16/h4-5,7,9H,2-3,6H2,1H3. The van der Waals surface area contributed by atoms with Crippen LogP contribution in [0.3, 0.4) is 0 Å². The van der Waals surface area contributed by atoms with E-state index in [1.807, 2.05) is 6.92 Å². The number of alkyl halides is 1. The highest BCUT2D eigenvalue weighted by atomic mass is 79.9. The molecule has 1 aromatic rings. The summed E-state index contributed by atoms with van der Waals surface area (Å²) in [6, 6.07) is 0.738. The lowest BCUT2D eigenvalue weighted by Crippen LogP contribution is -2.44. The van der Waals surface area contributed by atoms with E-state index in [-0.39, 0.29) is 23.8 Å². The van der Waals surface area contributed by atoms with Crippen LogP contribution in [0.4, 0.5) is 13.2 Å². The summed E-state index contributed by atoms with van der Waals surface area (Å²) in [5.74, 6) is -3.70. The first kappa shape index (κ1) is 15.8. The van der Waals surface area contributed by atoms with Gasteiger partial charge in [-0.25, -0.2) is 21.6 Å². The van der Waals surface area contributed by atoms with Crippen LogP contribution in [-0.2, 0) is 10.0 Å². The van der Waals surface area contributed by atoms with Crippen molar-refractivity contribution in [3.63, 3.8) is 0 Å². The van der Waals surface area contributed by atoms with E-state index in [0.717, 1.165) is 4.31 Å². The van der Waals surface area contributed by atoms with Gasteiger partial charge in [0.25, 0.3) is 0 Å². The number of piperidine rings is 1. The molecule has 0 N–H and O–H groups in total. The highest BCUT2D eigenvalue weighted by Crippen LogP contribution is 2.30. The molecule has 8 heteroatoms. The van der Waals surface area contributed by atoms with Crippen molar-refractivity contribution in [2.75, 3.05) is 13.1 Å². The number of rotatable bonds is 2. The first-order valence-electron chi connectivity index (χ1n) is 6.02. The third kappa shape index (κ3) is 2.87. The maximum Gasteiger partial charge on any atom is 0.248 e. The quantitative estimate of drug-likeness (QED) is 0.749. The van der Waals surface area contributed by atoms with Crippen molar-refractivity contribution in [2.45, 2.75) is 23.1 Å². The minimum Gasteiger partial charge on any atom is -0.207 e. The maximum atomic E-state index is 13.6. The largest absolute Gasteiger partial charge is 0.248 e. The summed E-state index contributed by atoms with van der Waals surface area (Å²) in [5, 5.41) is 0. The molecule has 20 heavy (non-hydrogen) atoms. The second-order valence-corrected chi connectivity index (χ2v) is 7.89. The molecule has 0 radical (unpaired) electrons. The fraction of sp³-hybridized carbons (Fsp3) is 0.500. The van der Waals surface area contributed by atoms with Crippen molar-refractivity contribution in [1.82, 2.24) is 4.31 Å². The zero-order valence-electron chi connectivity index (χ0n) is 10.6. The monoisotopic (exact) mass is 371 g/mol. The van der Waals surface area contributed by atoms with E-state index in [1.165, 1.54) is 0 Å². The van der Waals surface area contributed by atoms with Gasteiger partial charge in [-0.2, -0.15) is 4.31 Å².